The van der Waals surface area contributed by atoms with Gasteiger partial charge in [0, 0.05) is 37.9 Å². The summed E-state index contributed by atoms with van der Waals surface area (Å²) in [5, 5.41) is 2.72. The number of carbonyl (C=O) groups is 3. The van der Waals surface area contributed by atoms with Crippen molar-refractivity contribution in [1.29, 1.82) is 0 Å². The van der Waals surface area contributed by atoms with Gasteiger partial charge in [0.05, 0.1) is 25.3 Å². The lowest BCUT2D eigenvalue weighted by Crippen LogP contribution is -2.59. The van der Waals surface area contributed by atoms with Crippen molar-refractivity contribution in [2.24, 2.45) is 5.92 Å². The molecule has 0 spiro atoms. The highest BCUT2D eigenvalue weighted by molar-refractivity contribution is 5.92. The molecule has 2 aliphatic heterocycles. The minimum atomic E-state index is -0.529. The van der Waals surface area contributed by atoms with E-state index in [0.717, 1.165) is 0 Å². The first-order valence-corrected chi connectivity index (χ1v) is 9.56. The maximum atomic E-state index is 12.9. The van der Waals surface area contributed by atoms with Crippen molar-refractivity contribution in [2.75, 3.05) is 32.8 Å². The van der Waals surface area contributed by atoms with E-state index in [1.165, 1.54) is 12.4 Å². The number of piperazine rings is 1. The summed E-state index contributed by atoms with van der Waals surface area (Å²) >= 11 is 0. The lowest BCUT2D eigenvalue weighted by Gasteiger charge is -2.46. The van der Waals surface area contributed by atoms with E-state index >= 15 is 0 Å². The van der Waals surface area contributed by atoms with Crippen LogP contribution in [0.3, 0.4) is 0 Å². The number of nitrogens with zero attached hydrogens (tertiary/aromatic N) is 3. The number of aromatic nitrogens is 2. The van der Waals surface area contributed by atoms with Crippen LogP contribution in [0.15, 0.2) is 17.2 Å². The minimum absolute atomic E-state index is 0.0537. The SMILES string of the molecule is O=C1CN(C(=O)[C@H]2CC[C@H]3OCCN(C(=O)c4ncc[nH]c4=O)[C@@H]3C2)CCN1. The molecule has 1 aromatic heterocycles. The van der Waals surface area contributed by atoms with Crippen LogP contribution >= 0.6 is 0 Å². The fourth-order valence-corrected chi connectivity index (χ4v) is 4.31. The molecule has 2 N–H and O–H groups in total. The molecule has 1 saturated carbocycles. The molecular weight excluding hydrogens is 366 g/mol. The molecule has 3 heterocycles. The minimum Gasteiger partial charge on any atom is -0.374 e. The molecule has 28 heavy (non-hydrogen) atoms. The van der Waals surface area contributed by atoms with Crippen LogP contribution in [0, 0.1) is 5.92 Å². The Labute approximate surface area is 161 Å². The van der Waals surface area contributed by atoms with Crippen LogP contribution in [0.4, 0.5) is 0 Å². The normalized spacial score (nSPS) is 27.7. The Balaban J connectivity index is 1.51. The van der Waals surface area contributed by atoms with E-state index in [-0.39, 0.29) is 42.1 Å². The smallest absolute Gasteiger partial charge is 0.279 e. The van der Waals surface area contributed by atoms with Gasteiger partial charge in [0.2, 0.25) is 11.8 Å². The Kier molecular flexibility index (Phi) is 5.12. The van der Waals surface area contributed by atoms with Gasteiger partial charge in [-0.15, -0.1) is 0 Å². The van der Waals surface area contributed by atoms with Gasteiger partial charge in [-0.25, -0.2) is 4.98 Å². The Bertz CT molecular complexity index is 840. The summed E-state index contributed by atoms with van der Waals surface area (Å²) < 4.78 is 5.83. The monoisotopic (exact) mass is 389 g/mol. The molecule has 3 amide bonds. The van der Waals surface area contributed by atoms with Crippen molar-refractivity contribution in [3.05, 3.63) is 28.4 Å². The van der Waals surface area contributed by atoms with E-state index in [9.17, 15) is 19.2 Å². The van der Waals surface area contributed by atoms with E-state index < -0.39 is 11.5 Å². The van der Waals surface area contributed by atoms with Crippen LogP contribution in [0.25, 0.3) is 0 Å². The molecule has 4 rings (SSSR count). The van der Waals surface area contributed by atoms with Crippen molar-refractivity contribution in [1.82, 2.24) is 25.1 Å². The zero-order chi connectivity index (χ0) is 19.7. The zero-order valence-corrected chi connectivity index (χ0v) is 15.4. The van der Waals surface area contributed by atoms with Crippen LogP contribution in [0.2, 0.25) is 0 Å². The lowest BCUT2D eigenvalue weighted by atomic mass is 9.81. The molecule has 2 saturated heterocycles. The van der Waals surface area contributed by atoms with Crippen molar-refractivity contribution >= 4 is 17.7 Å². The summed E-state index contributed by atoms with van der Waals surface area (Å²) in [7, 11) is 0. The average molecular weight is 389 g/mol. The molecule has 3 fully saturated rings. The maximum absolute atomic E-state index is 12.9. The molecule has 150 valence electrons. The molecule has 3 aliphatic rings. The van der Waals surface area contributed by atoms with E-state index in [1.807, 2.05) is 0 Å². The molecule has 0 unspecified atom stereocenters. The second kappa shape index (κ2) is 7.70. The molecule has 1 aromatic rings. The quantitative estimate of drug-likeness (QED) is 0.650. The van der Waals surface area contributed by atoms with Crippen LogP contribution in [0.1, 0.15) is 29.8 Å². The van der Waals surface area contributed by atoms with Crippen molar-refractivity contribution in [3.8, 4) is 0 Å². The van der Waals surface area contributed by atoms with Crippen LogP contribution < -0.4 is 10.9 Å². The van der Waals surface area contributed by atoms with Crippen LogP contribution in [-0.4, -0.2) is 82.4 Å². The number of nitrogens with one attached hydrogen (secondary N) is 2. The van der Waals surface area contributed by atoms with Crippen molar-refractivity contribution < 1.29 is 19.1 Å². The molecule has 1 aliphatic carbocycles. The fraction of sp³-hybridized carbons (Fsp3) is 0.611. The number of H-pyrrole nitrogens is 1. The van der Waals surface area contributed by atoms with Gasteiger partial charge >= 0.3 is 0 Å². The van der Waals surface area contributed by atoms with Crippen LogP contribution in [0.5, 0.6) is 0 Å². The number of morpholine rings is 1. The standard InChI is InChI=1S/C18H23N5O5/c24-14-10-22(6-5-19-14)17(26)11-1-2-13-12(9-11)23(7-8-28-13)18(27)15-16(25)21-4-3-20-15/h3-4,11-13H,1-2,5-10H2,(H,19,24)(H,21,25)/t11-,12+,13+/m0/s1. The van der Waals surface area contributed by atoms with E-state index in [2.05, 4.69) is 15.3 Å². The molecule has 0 aromatic carbocycles. The predicted molar refractivity (Wildman–Crippen MR) is 96.4 cm³/mol. The third-order valence-corrected chi connectivity index (χ3v) is 5.69. The highest BCUT2D eigenvalue weighted by Gasteiger charge is 2.43. The van der Waals surface area contributed by atoms with E-state index in [0.29, 0.717) is 45.5 Å². The van der Waals surface area contributed by atoms with Gasteiger partial charge in [0.1, 0.15) is 0 Å². The number of hydrogen-bond acceptors (Lipinski definition) is 6. The second-order valence-electron chi connectivity index (χ2n) is 7.36. The number of hydrogen-bond donors (Lipinski definition) is 2. The van der Waals surface area contributed by atoms with Crippen molar-refractivity contribution in [3.63, 3.8) is 0 Å². The second-order valence-corrected chi connectivity index (χ2v) is 7.36. The summed E-state index contributed by atoms with van der Waals surface area (Å²) in [5.41, 5.74) is -0.678. The summed E-state index contributed by atoms with van der Waals surface area (Å²) in [6.07, 6.45) is 4.37. The number of ether oxygens (including phenoxy) is 1. The zero-order valence-electron chi connectivity index (χ0n) is 15.4. The van der Waals surface area contributed by atoms with Gasteiger partial charge in [-0.1, -0.05) is 0 Å². The van der Waals surface area contributed by atoms with Crippen molar-refractivity contribution in [2.45, 2.75) is 31.4 Å². The number of fused-ring (bicyclic) bond motifs is 1. The first kappa shape index (κ1) is 18.6. The summed E-state index contributed by atoms with van der Waals surface area (Å²) in [4.78, 5) is 59.0. The summed E-state index contributed by atoms with van der Waals surface area (Å²) in [6, 6.07) is -0.288. The Hall–Kier alpha value is -2.75. The molecule has 0 radical (unpaired) electrons. The van der Waals surface area contributed by atoms with E-state index in [4.69, 9.17) is 4.74 Å². The van der Waals surface area contributed by atoms with Gasteiger partial charge in [-0.2, -0.15) is 0 Å². The lowest BCUT2D eigenvalue weighted by molar-refractivity contribution is -0.146. The number of amides is 3. The number of rotatable bonds is 2. The van der Waals surface area contributed by atoms with Crippen LogP contribution in [-0.2, 0) is 14.3 Å². The Morgan fingerprint density at radius 2 is 2.07 bits per heavy atom. The van der Waals surface area contributed by atoms with Gasteiger partial charge < -0.3 is 24.8 Å². The largest absolute Gasteiger partial charge is 0.374 e. The highest BCUT2D eigenvalue weighted by Crippen LogP contribution is 2.33. The maximum Gasteiger partial charge on any atom is 0.279 e. The van der Waals surface area contributed by atoms with Gasteiger partial charge in [-0.3, -0.25) is 19.2 Å². The Morgan fingerprint density at radius 3 is 2.86 bits per heavy atom. The molecule has 3 atom stereocenters. The number of aromatic amines is 1. The highest BCUT2D eigenvalue weighted by atomic mass is 16.5. The Morgan fingerprint density at radius 1 is 1.21 bits per heavy atom. The van der Waals surface area contributed by atoms with Gasteiger partial charge in [0.25, 0.3) is 11.5 Å². The molecule has 10 nitrogen and oxygen atoms in total. The third kappa shape index (κ3) is 3.51. The molecule has 0 bridgehead atoms. The van der Waals surface area contributed by atoms with Gasteiger partial charge in [-0.05, 0) is 19.3 Å². The van der Waals surface area contributed by atoms with Gasteiger partial charge in [0.15, 0.2) is 5.69 Å². The first-order chi connectivity index (χ1) is 13.5. The third-order valence-electron chi connectivity index (χ3n) is 5.69. The fourth-order valence-electron chi connectivity index (χ4n) is 4.31. The summed E-state index contributed by atoms with van der Waals surface area (Å²) in [6.45, 7) is 1.77. The summed E-state index contributed by atoms with van der Waals surface area (Å²) in [5.74, 6) is -0.917. The van der Waals surface area contributed by atoms with E-state index in [1.54, 1.807) is 9.80 Å². The molecule has 10 heteroatoms. The first-order valence-electron chi connectivity index (χ1n) is 9.56. The topological polar surface area (TPSA) is 125 Å². The predicted octanol–water partition coefficient (Wildman–Crippen LogP) is -1.26. The molecular formula is C18H23N5O5. The number of carbonyl (C=O) groups excluding carboxylic acids is 3. The average Bonchev–Trinajstić information content (AvgIpc) is 2.72.